The summed E-state index contributed by atoms with van der Waals surface area (Å²) in [6, 6.07) is 13.1. The second-order valence-electron chi connectivity index (χ2n) is 8.43. The van der Waals surface area contributed by atoms with Crippen LogP contribution in [0, 0.1) is 13.8 Å². The van der Waals surface area contributed by atoms with Crippen LogP contribution in [0.1, 0.15) is 68.7 Å². The average Bonchev–Trinajstić information content (AvgIpc) is 2.57. The summed E-state index contributed by atoms with van der Waals surface area (Å²) in [5.74, 6) is 0.569. The minimum absolute atomic E-state index is 0.214. The van der Waals surface area contributed by atoms with E-state index in [1.807, 2.05) is 6.21 Å². The lowest BCUT2D eigenvalue weighted by atomic mass is 9.79. The summed E-state index contributed by atoms with van der Waals surface area (Å²) < 4.78 is 0. The lowest BCUT2D eigenvalue weighted by molar-refractivity contribution is 0.376. The summed E-state index contributed by atoms with van der Waals surface area (Å²) in [6.07, 6.45) is 4.39. The predicted octanol–water partition coefficient (Wildman–Crippen LogP) is 6.56. The molecule has 1 atom stereocenters. The van der Waals surface area contributed by atoms with E-state index in [2.05, 4.69) is 82.8 Å². The van der Waals surface area contributed by atoms with Crippen molar-refractivity contribution in [3.63, 3.8) is 0 Å². The molecule has 1 aliphatic heterocycles. The van der Waals surface area contributed by atoms with Crippen LogP contribution < -0.4 is 4.90 Å². The number of aryl methyl sites for hydroxylation is 2. The first-order valence-electron chi connectivity index (χ1n) is 9.84. The van der Waals surface area contributed by atoms with E-state index in [0.717, 1.165) is 12.2 Å². The summed E-state index contributed by atoms with van der Waals surface area (Å²) in [5.41, 5.74) is 7.89. The van der Waals surface area contributed by atoms with Crippen LogP contribution in [0.25, 0.3) is 0 Å². The Kier molecular flexibility index (Phi) is 5.22. The third-order valence-corrected chi connectivity index (χ3v) is 5.58. The Bertz CT molecular complexity index is 817. The van der Waals surface area contributed by atoms with Gasteiger partial charge in [0.25, 0.3) is 0 Å². The van der Waals surface area contributed by atoms with Gasteiger partial charge in [-0.25, -0.2) is 0 Å². The van der Waals surface area contributed by atoms with Crippen molar-refractivity contribution in [3.05, 3.63) is 58.7 Å². The third-order valence-electron chi connectivity index (χ3n) is 5.58. The fraction of sp³-hybridized carbons (Fsp3) is 0.458. The molecule has 0 aliphatic carbocycles. The van der Waals surface area contributed by atoms with Crippen LogP contribution in [-0.2, 0) is 0 Å². The Morgan fingerprint density at radius 1 is 1.19 bits per heavy atom. The van der Waals surface area contributed by atoms with Gasteiger partial charge in [0.15, 0.2) is 0 Å². The molecule has 2 nitrogen and oxygen atoms in total. The van der Waals surface area contributed by atoms with Crippen LogP contribution in [0.5, 0.6) is 0 Å². The summed E-state index contributed by atoms with van der Waals surface area (Å²) >= 11 is 0. The van der Waals surface area contributed by atoms with Gasteiger partial charge in [-0.05, 0) is 93.0 Å². The minimum Gasteiger partial charge on any atom is -0.366 e. The number of benzene rings is 2. The largest absolute Gasteiger partial charge is 0.366 e. The van der Waals surface area contributed by atoms with Crippen LogP contribution >= 0.6 is 0 Å². The van der Waals surface area contributed by atoms with Gasteiger partial charge in [-0.1, -0.05) is 26.0 Å². The molecule has 0 amide bonds. The molecule has 0 spiro atoms. The van der Waals surface area contributed by atoms with E-state index in [0.29, 0.717) is 5.92 Å². The van der Waals surface area contributed by atoms with Gasteiger partial charge in [0.05, 0.1) is 5.69 Å². The molecule has 0 radical (unpaired) electrons. The molecule has 0 saturated carbocycles. The van der Waals surface area contributed by atoms with Crippen LogP contribution in [0.15, 0.2) is 41.4 Å². The third kappa shape index (κ3) is 3.70. The highest BCUT2D eigenvalue weighted by molar-refractivity contribution is 5.86. The number of nitrogens with zero attached hydrogens (tertiary/aromatic N) is 2. The molecule has 26 heavy (non-hydrogen) atoms. The standard InChI is InChI=1S/C24H32N2/c1-7-11-26-23-13-18(3)20(14-22(23)19(4)15-24(26,5)6)16-25-21-10-8-9-17(2)12-21/h8-10,12-14,16,19H,7,11,15H2,1-6H3. The molecular formula is C24H32N2. The maximum atomic E-state index is 4.72. The second-order valence-corrected chi connectivity index (χ2v) is 8.43. The molecule has 0 N–H and O–H groups in total. The number of rotatable bonds is 4. The van der Waals surface area contributed by atoms with E-state index >= 15 is 0 Å². The highest BCUT2D eigenvalue weighted by atomic mass is 15.2. The summed E-state index contributed by atoms with van der Waals surface area (Å²) in [6.45, 7) is 14.8. The van der Waals surface area contributed by atoms with Crippen LogP contribution in [0.4, 0.5) is 11.4 Å². The molecular weight excluding hydrogens is 316 g/mol. The quantitative estimate of drug-likeness (QED) is 0.572. The Morgan fingerprint density at radius 3 is 2.65 bits per heavy atom. The van der Waals surface area contributed by atoms with Crippen LogP contribution in [0.3, 0.4) is 0 Å². The molecule has 0 bridgehead atoms. The topological polar surface area (TPSA) is 15.6 Å². The summed E-state index contributed by atoms with van der Waals surface area (Å²) in [4.78, 5) is 7.33. The normalized spacial score (nSPS) is 19.0. The first-order valence-corrected chi connectivity index (χ1v) is 9.84. The molecule has 0 saturated heterocycles. The van der Waals surface area contributed by atoms with Crippen molar-refractivity contribution in [3.8, 4) is 0 Å². The Hall–Kier alpha value is -2.09. The van der Waals surface area contributed by atoms with Crippen molar-refractivity contribution in [1.29, 1.82) is 0 Å². The van der Waals surface area contributed by atoms with Gasteiger partial charge < -0.3 is 4.90 Å². The summed E-state index contributed by atoms with van der Waals surface area (Å²) in [7, 11) is 0. The number of anilines is 1. The number of hydrogen-bond acceptors (Lipinski definition) is 2. The zero-order valence-corrected chi connectivity index (χ0v) is 17.1. The first-order chi connectivity index (χ1) is 12.3. The molecule has 138 valence electrons. The summed E-state index contributed by atoms with van der Waals surface area (Å²) in [5, 5.41) is 0. The lowest BCUT2D eigenvalue weighted by Gasteiger charge is -2.48. The molecule has 2 heteroatoms. The fourth-order valence-corrected chi connectivity index (χ4v) is 4.29. The predicted molar refractivity (Wildman–Crippen MR) is 114 cm³/mol. The van der Waals surface area contributed by atoms with Gasteiger partial charge >= 0.3 is 0 Å². The molecule has 3 rings (SSSR count). The Labute approximate surface area is 159 Å². The van der Waals surface area contributed by atoms with Gasteiger partial charge in [0.2, 0.25) is 0 Å². The van der Waals surface area contributed by atoms with E-state index < -0.39 is 0 Å². The smallest absolute Gasteiger partial charge is 0.0632 e. The minimum atomic E-state index is 0.214. The molecule has 2 aromatic rings. The molecule has 1 unspecified atom stereocenters. The van der Waals surface area contributed by atoms with Gasteiger partial charge in [-0.15, -0.1) is 0 Å². The average molecular weight is 349 g/mol. The lowest BCUT2D eigenvalue weighted by Crippen LogP contribution is -2.48. The van der Waals surface area contributed by atoms with Crippen molar-refractivity contribution >= 4 is 17.6 Å². The Balaban J connectivity index is 2.00. The molecule has 0 aromatic heterocycles. The van der Waals surface area contributed by atoms with Crippen molar-refractivity contribution < 1.29 is 0 Å². The van der Waals surface area contributed by atoms with Crippen LogP contribution in [0.2, 0.25) is 0 Å². The van der Waals surface area contributed by atoms with Crippen LogP contribution in [-0.4, -0.2) is 18.3 Å². The molecule has 0 fully saturated rings. The second kappa shape index (κ2) is 7.26. The van der Waals surface area contributed by atoms with E-state index in [1.54, 1.807) is 0 Å². The van der Waals surface area contributed by atoms with E-state index in [4.69, 9.17) is 4.99 Å². The molecule has 2 aromatic carbocycles. The number of aliphatic imine (C=N–C) groups is 1. The molecule has 1 heterocycles. The SMILES string of the molecule is CCCN1c2cc(C)c(C=Nc3cccc(C)c3)cc2C(C)CC1(C)C. The number of hydrogen-bond donors (Lipinski definition) is 0. The maximum absolute atomic E-state index is 4.72. The van der Waals surface area contributed by atoms with Gasteiger partial charge in [0.1, 0.15) is 0 Å². The highest BCUT2D eigenvalue weighted by Crippen LogP contribution is 2.44. The monoisotopic (exact) mass is 348 g/mol. The zero-order chi connectivity index (χ0) is 18.9. The van der Waals surface area contributed by atoms with Crippen molar-refractivity contribution in [2.24, 2.45) is 4.99 Å². The van der Waals surface area contributed by atoms with E-state index in [9.17, 15) is 0 Å². The first kappa shape index (κ1) is 18.7. The Morgan fingerprint density at radius 2 is 1.96 bits per heavy atom. The van der Waals surface area contributed by atoms with Crippen molar-refractivity contribution in [1.82, 2.24) is 0 Å². The van der Waals surface area contributed by atoms with Crippen molar-refractivity contribution in [2.75, 3.05) is 11.4 Å². The maximum Gasteiger partial charge on any atom is 0.0632 e. The molecule has 1 aliphatic rings. The van der Waals surface area contributed by atoms with Gasteiger partial charge in [-0.3, -0.25) is 4.99 Å². The fourth-order valence-electron chi connectivity index (χ4n) is 4.29. The van der Waals surface area contributed by atoms with Crippen molar-refractivity contribution in [2.45, 2.75) is 65.8 Å². The highest BCUT2D eigenvalue weighted by Gasteiger charge is 2.36. The zero-order valence-electron chi connectivity index (χ0n) is 17.1. The van der Waals surface area contributed by atoms with Gasteiger partial charge in [-0.2, -0.15) is 0 Å². The van der Waals surface area contributed by atoms with E-state index in [-0.39, 0.29) is 5.54 Å². The number of fused-ring (bicyclic) bond motifs is 1. The van der Waals surface area contributed by atoms with Gasteiger partial charge in [0, 0.05) is 24.0 Å². The van der Waals surface area contributed by atoms with E-state index in [1.165, 1.54) is 40.8 Å².